The van der Waals surface area contributed by atoms with E-state index in [1.165, 1.54) is 16.7 Å². The molecule has 2 rings (SSSR count). The lowest BCUT2D eigenvalue weighted by Gasteiger charge is -2.18. The highest BCUT2D eigenvalue weighted by Gasteiger charge is 2.18. The van der Waals surface area contributed by atoms with Crippen LogP contribution in [0.1, 0.15) is 28.6 Å². The highest BCUT2D eigenvalue weighted by Crippen LogP contribution is 2.23. The molecule has 17 heavy (non-hydrogen) atoms. The van der Waals surface area contributed by atoms with E-state index in [0.29, 0.717) is 0 Å². The fraction of sp³-hybridized carbons (Fsp3) is 0.308. The molecule has 0 fully saturated rings. The van der Waals surface area contributed by atoms with E-state index < -0.39 is 0 Å². The van der Waals surface area contributed by atoms with E-state index >= 15 is 0 Å². The summed E-state index contributed by atoms with van der Waals surface area (Å²) in [5.41, 5.74) is 6.45. The maximum Gasteiger partial charge on any atom is 0.131 e. The van der Waals surface area contributed by atoms with Gasteiger partial charge in [-0.15, -0.1) is 0 Å². The summed E-state index contributed by atoms with van der Waals surface area (Å²) in [7, 11) is 1.97. The van der Waals surface area contributed by atoms with Crippen molar-refractivity contribution in [1.82, 2.24) is 15.0 Å². The first kappa shape index (κ1) is 11.8. The van der Waals surface area contributed by atoms with Gasteiger partial charge >= 0.3 is 0 Å². The first-order chi connectivity index (χ1) is 8.13. The summed E-state index contributed by atoms with van der Waals surface area (Å²) in [5.74, 6) is 6.60. The minimum atomic E-state index is -0.0742. The van der Waals surface area contributed by atoms with Crippen LogP contribution in [0.3, 0.4) is 0 Å². The summed E-state index contributed by atoms with van der Waals surface area (Å²) in [6.45, 7) is 4.16. The summed E-state index contributed by atoms with van der Waals surface area (Å²) in [4.78, 5) is 4.35. The third-order valence-electron chi connectivity index (χ3n) is 3.03. The first-order valence-corrected chi connectivity index (χ1v) is 5.64. The number of nitrogens with one attached hydrogen (secondary N) is 1. The predicted octanol–water partition coefficient (Wildman–Crippen LogP) is 1.59. The number of imidazole rings is 1. The molecule has 0 aliphatic carbocycles. The number of hydrazine groups is 1. The normalized spacial score (nSPS) is 12.7. The summed E-state index contributed by atoms with van der Waals surface area (Å²) in [6.07, 6.45) is 3.70. The number of hydrogen-bond acceptors (Lipinski definition) is 3. The lowest BCUT2D eigenvalue weighted by Crippen LogP contribution is -2.31. The highest BCUT2D eigenvalue weighted by atomic mass is 15.3. The fourth-order valence-corrected chi connectivity index (χ4v) is 2.03. The summed E-state index contributed by atoms with van der Waals surface area (Å²) in [5, 5.41) is 0. The van der Waals surface area contributed by atoms with E-state index in [9.17, 15) is 0 Å². The van der Waals surface area contributed by atoms with Crippen molar-refractivity contribution >= 4 is 0 Å². The first-order valence-electron chi connectivity index (χ1n) is 5.64. The van der Waals surface area contributed by atoms with Gasteiger partial charge in [0.1, 0.15) is 11.9 Å². The molecule has 0 amide bonds. The van der Waals surface area contributed by atoms with E-state index in [1.807, 2.05) is 17.8 Å². The number of nitrogens with zero attached hydrogens (tertiary/aromatic N) is 2. The van der Waals surface area contributed by atoms with Crippen LogP contribution in [0.4, 0.5) is 0 Å². The van der Waals surface area contributed by atoms with E-state index in [2.05, 4.69) is 42.5 Å². The van der Waals surface area contributed by atoms with Crippen molar-refractivity contribution < 1.29 is 0 Å². The standard InChI is InChI=1S/C13H18N4/c1-9-4-5-10(2)11(8-9)12(16-14)13-15-6-7-17(13)3/h4-8,12,16H,14H2,1-3H3. The molecule has 0 saturated carbocycles. The Labute approximate surface area is 101 Å². The molecular formula is C13H18N4. The molecule has 3 N–H and O–H groups in total. The zero-order valence-corrected chi connectivity index (χ0v) is 10.4. The molecular weight excluding hydrogens is 212 g/mol. The third-order valence-corrected chi connectivity index (χ3v) is 3.03. The predicted molar refractivity (Wildman–Crippen MR) is 68.3 cm³/mol. The Balaban J connectivity index is 2.49. The Morgan fingerprint density at radius 2 is 2.12 bits per heavy atom. The molecule has 4 heteroatoms. The Kier molecular flexibility index (Phi) is 3.26. The molecule has 4 nitrogen and oxygen atoms in total. The SMILES string of the molecule is Cc1ccc(C)c(C(NN)c2nccn2C)c1. The van der Waals surface area contributed by atoms with Crippen molar-refractivity contribution in [3.05, 3.63) is 53.1 Å². The number of benzene rings is 1. The molecule has 1 aromatic heterocycles. The van der Waals surface area contributed by atoms with Crippen LogP contribution in [0.5, 0.6) is 0 Å². The molecule has 1 atom stereocenters. The lowest BCUT2D eigenvalue weighted by atomic mass is 9.99. The average molecular weight is 230 g/mol. The maximum absolute atomic E-state index is 5.68. The van der Waals surface area contributed by atoms with Crippen molar-refractivity contribution in [2.45, 2.75) is 19.9 Å². The average Bonchev–Trinajstić information content (AvgIpc) is 2.71. The van der Waals surface area contributed by atoms with Crippen LogP contribution < -0.4 is 11.3 Å². The molecule has 1 aromatic carbocycles. The zero-order chi connectivity index (χ0) is 12.4. The molecule has 0 saturated heterocycles. The fourth-order valence-electron chi connectivity index (χ4n) is 2.03. The van der Waals surface area contributed by atoms with Crippen molar-refractivity contribution in [2.24, 2.45) is 12.9 Å². The van der Waals surface area contributed by atoms with Crippen LogP contribution in [0.25, 0.3) is 0 Å². The second kappa shape index (κ2) is 4.69. The minimum absolute atomic E-state index is 0.0742. The molecule has 0 aliphatic heterocycles. The molecule has 0 bridgehead atoms. The van der Waals surface area contributed by atoms with Gasteiger partial charge in [0.15, 0.2) is 0 Å². The molecule has 2 aromatic rings. The number of hydrogen-bond donors (Lipinski definition) is 2. The third kappa shape index (κ3) is 2.23. The summed E-state index contributed by atoms with van der Waals surface area (Å²) < 4.78 is 1.98. The van der Waals surface area contributed by atoms with Crippen molar-refractivity contribution in [3.8, 4) is 0 Å². The second-order valence-electron chi connectivity index (χ2n) is 4.36. The van der Waals surface area contributed by atoms with Gasteiger partial charge in [0, 0.05) is 19.4 Å². The van der Waals surface area contributed by atoms with Crippen LogP contribution >= 0.6 is 0 Å². The minimum Gasteiger partial charge on any atom is -0.336 e. The lowest BCUT2D eigenvalue weighted by molar-refractivity contribution is 0.577. The Bertz CT molecular complexity index is 516. The molecule has 1 heterocycles. The number of nitrogens with two attached hydrogens (primary N) is 1. The van der Waals surface area contributed by atoms with Gasteiger partial charge in [-0.3, -0.25) is 5.84 Å². The monoisotopic (exact) mass is 230 g/mol. The molecule has 0 radical (unpaired) electrons. The quantitative estimate of drug-likeness (QED) is 0.622. The van der Waals surface area contributed by atoms with Gasteiger partial charge in [-0.1, -0.05) is 23.8 Å². The maximum atomic E-state index is 5.68. The number of aryl methyl sites for hydroxylation is 3. The van der Waals surface area contributed by atoms with Gasteiger partial charge in [-0.05, 0) is 25.0 Å². The van der Waals surface area contributed by atoms with Crippen molar-refractivity contribution in [2.75, 3.05) is 0 Å². The van der Waals surface area contributed by atoms with Gasteiger partial charge in [0.25, 0.3) is 0 Å². The van der Waals surface area contributed by atoms with Gasteiger partial charge in [0.2, 0.25) is 0 Å². The molecule has 0 spiro atoms. The topological polar surface area (TPSA) is 55.9 Å². The van der Waals surface area contributed by atoms with Gasteiger partial charge in [-0.2, -0.15) is 0 Å². The Morgan fingerprint density at radius 1 is 1.35 bits per heavy atom. The van der Waals surface area contributed by atoms with Crippen LogP contribution in [0, 0.1) is 13.8 Å². The van der Waals surface area contributed by atoms with E-state index in [4.69, 9.17) is 5.84 Å². The van der Waals surface area contributed by atoms with Crippen LogP contribution in [-0.4, -0.2) is 9.55 Å². The summed E-state index contributed by atoms with van der Waals surface area (Å²) in [6, 6.07) is 6.28. The molecule has 0 aliphatic rings. The van der Waals surface area contributed by atoms with E-state index in [1.54, 1.807) is 6.20 Å². The Hall–Kier alpha value is -1.65. The van der Waals surface area contributed by atoms with Crippen LogP contribution in [0.2, 0.25) is 0 Å². The van der Waals surface area contributed by atoms with Gasteiger partial charge in [0.05, 0.1) is 0 Å². The molecule has 90 valence electrons. The van der Waals surface area contributed by atoms with Crippen LogP contribution in [-0.2, 0) is 7.05 Å². The highest BCUT2D eigenvalue weighted by molar-refractivity contribution is 5.36. The molecule has 1 unspecified atom stereocenters. The second-order valence-corrected chi connectivity index (χ2v) is 4.36. The smallest absolute Gasteiger partial charge is 0.131 e. The van der Waals surface area contributed by atoms with E-state index in [-0.39, 0.29) is 6.04 Å². The summed E-state index contributed by atoms with van der Waals surface area (Å²) >= 11 is 0. The van der Waals surface area contributed by atoms with Crippen molar-refractivity contribution in [3.63, 3.8) is 0 Å². The number of rotatable bonds is 3. The van der Waals surface area contributed by atoms with Crippen molar-refractivity contribution in [1.29, 1.82) is 0 Å². The largest absolute Gasteiger partial charge is 0.336 e. The number of aromatic nitrogens is 2. The zero-order valence-electron chi connectivity index (χ0n) is 10.4. The van der Waals surface area contributed by atoms with Crippen LogP contribution in [0.15, 0.2) is 30.6 Å². The van der Waals surface area contributed by atoms with Gasteiger partial charge in [-0.25, -0.2) is 10.4 Å². The van der Waals surface area contributed by atoms with E-state index in [0.717, 1.165) is 5.82 Å². The Morgan fingerprint density at radius 3 is 2.71 bits per heavy atom. The van der Waals surface area contributed by atoms with Gasteiger partial charge < -0.3 is 4.57 Å².